The Morgan fingerprint density at radius 1 is 1.17 bits per heavy atom. The minimum absolute atomic E-state index is 0.915. The molecular weight excluding hydrogens is 150 g/mol. The van der Waals surface area contributed by atoms with Crippen molar-refractivity contribution in [2.75, 3.05) is 0 Å². The molecule has 0 saturated heterocycles. The topological polar surface area (TPSA) is 26.0 Å². The fourth-order valence-electron chi connectivity index (χ4n) is 1.51. The number of rotatable bonds is 0. The zero-order valence-electron chi connectivity index (χ0n) is 7.51. The quantitative estimate of drug-likeness (QED) is 0.593. The highest BCUT2D eigenvalue weighted by Gasteiger charge is 2.06. The Morgan fingerprint density at radius 3 is 2.67 bits per heavy atom. The molecule has 0 saturated carbocycles. The first-order valence-corrected chi connectivity index (χ1v) is 4.02. The first kappa shape index (κ1) is 7.35. The Labute approximate surface area is 71.2 Å². The van der Waals surface area contributed by atoms with Crippen LogP contribution in [0.3, 0.4) is 0 Å². The maximum absolute atomic E-state index is 5.18. The zero-order valence-corrected chi connectivity index (χ0v) is 7.51. The lowest BCUT2D eigenvalue weighted by atomic mass is 10.1. The Bertz CT molecular complexity index is 429. The molecule has 1 aromatic carbocycles. The van der Waals surface area contributed by atoms with Crippen LogP contribution in [-0.4, -0.2) is 5.16 Å². The van der Waals surface area contributed by atoms with Gasteiger partial charge in [0, 0.05) is 5.39 Å². The van der Waals surface area contributed by atoms with Gasteiger partial charge in [0.1, 0.15) is 0 Å². The molecule has 0 atom stereocenters. The average Bonchev–Trinajstić information content (AvgIpc) is 2.33. The van der Waals surface area contributed by atoms with E-state index in [1.165, 1.54) is 5.56 Å². The summed E-state index contributed by atoms with van der Waals surface area (Å²) in [6, 6.07) is 4.21. The number of aromatic nitrogens is 1. The molecule has 62 valence electrons. The third kappa shape index (κ3) is 0.916. The van der Waals surface area contributed by atoms with Crippen LogP contribution in [0.15, 0.2) is 16.7 Å². The van der Waals surface area contributed by atoms with Gasteiger partial charge in [-0.3, -0.25) is 0 Å². The number of fused-ring (bicyclic) bond motifs is 1. The largest absolute Gasteiger partial charge is 0.356 e. The van der Waals surface area contributed by atoms with Gasteiger partial charge in [0.15, 0.2) is 5.58 Å². The van der Waals surface area contributed by atoms with Crippen LogP contribution < -0.4 is 0 Å². The number of aryl methyl sites for hydroxylation is 3. The minimum Gasteiger partial charge on any atom is -0.356 e. The van der Waals surface area contributed by atoms with Gasteiger partial charge < -0.3 is 4.52 Å². The van der Waals surface area contributed by atoms with Crippen LogP contribution in [0, 0.1) is 20.8 Å². The Kier molecular flexibility index (Phi) is 1.43. The van der Waals surface area contributed by atoms with Crippen molar-refractivity contribution in [2.24, 2.45) is 0 Å². The maximum Gasteiger partial charge on any atom is 0.170 e. The van der Waals surface area contributed by atoms with Crippen LogP contribution in [0.5, 0.6) is 0 Å². The molecule has 0 bridgehead atoms. The normalized spacial score (nSPS) is 10.9. The van der Waals surface area contributed by atoms with Crippen LogP contribution in [0.25, 0.3) is 11.0 Å². The van der Waals surface area contributed by atoms with Gasteiger partial charge in [0.25, 0.3) is 0 Å². The van der Waals surface area contributed by atoms with Crippen molar-refractivity contribution in [3.8, 4) is 0 Å². The summed E-state index contributed by atoms with van der Waals surface area (Å²) < 4.78 is 5.18. The SMILES string of the molecule is Cc1cc(C)c2onc(C)c2c1. The molecular formula is C10H11NO. The molecule has 0 spiro atoms. The van der Waals surface area contributed by atoms with E-state index in [2.05, 4.69) is 24.2 Å². The van der Waals surface area contributed by atoms with Gasteiger partial charge in [-0.25, -0.2) is 0 Å². The second-order valence-corrected chi connectivity index (χ2v) is 3.23. The number of nitrogens with zero attached hydrogens (tertiary/aromatic N) is 1. The molecule has 1 aromatic heterocycles. The van der Waals surface area contributed by atoms with E-state index in [9.17, 15) is 0 Å². The predicted molar refractivity (Wildman–Crippen MR) is 48.2 cm³/mol. The summed E-state index contributed by atoms with van der Waals surface area (Å²) in [6.07, 6.45) is 0. The van der Waals surface area contributed by atoms with Crippen LogP contribution >= 0.6 is 0 Å². The van der Waals surface area contributed by atoms with E-state index in [0.29, 0.717) is 0 Å². The lowest BCUT2D eigenvalue weighted by Crippen LogP contribution is -1.78. The summed E-state index contributed by atoms with van der Waals surface area (Å²) in [5.74, 6) is 0. The fraction of sp³-hybridized carbons (Fsp3) is 0.300. The average molecular weight is 161 g/mol. The second kappa shape index (κ2) is 2.34. The molecule has 0 amide bonds. The van der Waals surface area contributed by atoms with Crippen LogP contribution in [0.1, 0.15) is 16.8 Å². The molecule has 1 heterocycles. The first-order chi connectivity index (χ1) is 5.68. The molecule has 0 N–H and O–H groups in total. The molecule has 0 aliphatic carbocycles. The van der Waals surface area contributed by atoms with E-state index in [0.717, 1.165) is 22.2 Å². The Balaban J connectivity index is 2.92. The zero-order chi connectivity index (χ0) is 8.72. The third-order valence-corrected chi connectivity index (χ3v) is 2.08. The number of hydrogen-bond acceptors (Lipinski definition) is 2. The van der Waals surface area contributed by atoms with Gasteiger partial charge in [-0.1, -0.05) is 11.2 Å². The molecule has 0 aliphatic heterocycles. The molecule has 12 heavy (non-hydrogen) atoms. The van der Waals surface area contributed by atoms with Crippen LogP contribution in [0.2, 0.25) is 0 Å². The van der Waals surface area contributed by atoms with E-state index in [1.54, 1.807) is 0 Å². The summed E-state index contributed by atoms with van der Waals surface area (Å²) in [5.41, 5.74) is 4.30. The molecule has 0 fully saturated rings. The third-order valence-electron chi connectivity index (χ3n) is 2.08. The van der Waals surface area contributed by atoms with E-state index in [-0.39, 0.29) is 0 Å². The lowest BCUT2D eigenvalue weighted by Gasteiger charge is -1.95. The summed E-state index contributed by atoms with van der Waals surface area (Å²) in [5, 5.41) is 5.05. The molecule has 2 rings (SSSR count). The number of benzene rings is 1. The molecule has 2 nitrogen and oxygen atoms in total. The number of hydrogen-bond donors (Lipinski definition) is 0. The highest BCUT2D eigenvalue weighted by atomic mass is 16.5. The van der Waals surface area contributed by atoms with E-state index < -0.39 is 0 Å². The summed E-state index contributed by atoms with van der Waals surface area (Å²) in [7, 11) is 0. The van der Waals surface area contributed by atoms with Gasteiger partial charge in [-0.05, 0) is 38.0 Å². The Hall–Kier alpha value is -1.31. The first-order valence-electron chi connectivity index (χ1n) is 4.02. The van der Waals surface area contributed by atoms with Crippen LogP contribution in [-0.2, 0) is 0 Å². The minimum atomic E-state index is 0.915. The van der Waals surface area contributed by atoms with E-state index in [4.69, 9.17) is 4.52 Å². The van der Waals surface area contributed by atoms with Crippen molar-refractivity contribution in [1.82, 2.24) is 5.16 Å². The van der Waals surface area contributed by atoms with Crippen molar-refractivity contribution in [3.05, 3.63) is 29.0 Å². The van der Waals surface area contributed by atoms with Crippen molar-refractivity contribution in [3.63, 3.8) is 0 Å². The highest BCUT2D eigenvalue weighted by molar-refractivity contribution is 5.82. The lowest BCUT2D eigenvalue weighted by molar-refractivity contribution is 0.449. The van der Waals surface area contributed by atoms with Crippen molar-refractivity contribution < 1.29 is 4.52 Å². The monoisotopic (exact) mass is 161 g/mol. The molecule has 0 unspecified atom stereocenters. The standard InChI is InChI=1S/C10H11NO/c1-6-4-7(2)10-9(5-6)8(3)11-12-10/h4-5H,1-3H3. The Morgan fingerprint density at radius 2 is 1.92 bits per heavy atom. The van der Waals surface area contributed by atoms with Crippen molar-refractivity contribution in [1.29, 1.82) is 0 Å². The molecule has 0 radical (unpaired) electrons. The summed E-state index contributed by atoms with van der Waals surface area (Å²) >= 11 is 0. The molecule has 2 heteroatoms. The van der Waals surface area contributed by atoms with Gasteiger partial charge >= 0.3 is 0 Å². The van der Waals surface area contributed by atoms with Gasteiger partial charge in [0.05, 0.1) is 5.69 Å². The van der Waals surface area contributed by atoms with Gasteiger partial charge in [-0.15, -0.1) is 0 Å². The molecule has 2 aromatic rings. The summed E-state index contributed by atoms with van der Waals surface area (Å²) in [4.78, 5) is 0. The van der Waals surface area contributed by atoms with Crippen molar-refractivity contribution >= 4 is 11.0 Å². The predicted octanol–water partition coefficient (Wildman–Crippen LogP) is 2.75. The maximum atomic E-state index is 5.18. The van der Waals surface area contributed by atoms with Crippen LogP contribution in [0.4, 0.5) is 0 Å². The van der Waals surface area contributed by atoms with E-state index >= 15 is 0 Å². The van der Waals surface area contributed by atoms with E-state index in [1.807, 2.05) is 13.8 Å². The van der Waals surface area contributed by atoms with Gasteiger partial charge in [0.2, 0.25) is 0 Å². The van der Waals surface area contributed by atoms with Crippen molar-refractivity contribution in [2.45, 2.75) is 20.8 Å². The summed E-state index contributed by atoms with van der Waals surface area (Å²) in [6.45, 7) is 6.09. The van der Waals surface area contributed by atoms with Gasteiger partial charge in [-0.2, -0.15) is 0 Å². The smallest absolute Gasteiger partial charge is 0.170 e. The second-order valence-electron chi connectivity index (χ2n) is 3.23. The molecule has 0 aliphatic rings. The highest BCUT2D eigenvalue weighted by Crippen LogP contribution is 2.22. The fourth-order valence-corrected chi connectivity index (χ4v) is 1.51.